The van der Waals surface area contributed by atoms with Crippen molar-refractivity contribution in [3.63, 3.8) is 0 Å². The van der Waals surface area contributed by atoms with Gasteiger partial charge in [-0.25, -0.2) is 4.98 Å². The normalized spacial score (nSPS) is 22.7. The van der Waals surface area contributed by atoms with Crippen LogP contribution in [-0.2, 0) is 0 Å². The number of aliphatic hydroxyl groups is 1. The first-order valence-corrected chi connectivity index (χ1v) is 8.84. The van der Waals surface area contributed by atoms with Crippen LogP contribution >= 0.6 is 0 Å². The van der Waals surface area contributed by atoms with E-state index in [1.165, 1.54) is 51.7 Å². The van der Waals surface area contributed by atoms with Crippen molar-refractivity contribution in [1.82, 2.24) is 9.88 Å². The summed E-state index contributed by atoms with van der Waals surface area (Å²) in [4.78, 5) is 9.64. The van der Waals surface area contributed by atoms with E-state index in [4.69, 9.17) is 0 Å². The molecule has 122 valence electrons. The van der Waals surface area contributed by atoms with Gasteiger partial charge in [0.15, 0.2) is 0 Å². The molecule has 0 aromatic carbocycles. The standard InChI is InChI=1S/C18H29N3O/c1-15(22)17-6-5-7-18(19-17)21-12-8-16(9-13-21)14-20-10-3-2-4-11-20/h5-7,15-16,22H,2-4,8-14H2,1H3/t15-/m1/s1. The zero-order chi connectivity index (χ0) is 15.4. The Labute approximate surface area is 134 Å². The maximum atomic E-state index is 9.68. The van der Waals surface area contributed by atoms with Crippen LogP contribution in [-0.4, -0.2) is 47.7 Å². The highest BCUT2D eigenvalue weighted by Gasteiger charge is 2.23. The molecule has 22 heavy (non-hydrogen) atoms. The number of aliphatic hydroxyl groups excluding tert-OH is 1. The van der Waals surface area contributed by atoms with Crippen LogP contribution in [0.1, 0.15) is 50.8 Å². The quantitative estimate of drug-likeness (QED) is 0.928. The molecule has 1 atom stereocenters. The molecule has 2 aliphatic heterocycles. The molecule has 0 aliphatic carbocycles. The van der Waals surface area contributed by atoms with Crippen LogP contribution in [0.4, 0.5) is 5.82 Å². The predicted octanol–water partition coefficient (Wildman–Crippen LogP) is 2.84. The first-order chi connectivity index (χ1) is 10.7. The molecule has 1 aromatic rings. The Bertz CT molecular complexity index is 463. The first kappa shape index (κ1) is 15.8. The molecule has 0 unspecified atom stereocenters. The summed E-state index contributed by atoms with van der Waals surface area (Å²) < 4.78 is 0. The summed E-state index contributed by atoms with van der Waals surface area (Å²) in [6.45, 7) is 7.85. The van der Waals surface area contributed by atoms with Gasteiger partial charge in [0.05, 0.1) is 11.8 Å². The number of aromatic nitrogens is 1. The molecule has 0 spiro atoms. The molecule has 4 nitrogen and oxygen atoms in total. The second-order valence-electron chi connectivity index (χ2n) is 6.89. The van der Waals surface area contributed by atoms with E-state index < -0.39 is 6.10 Å². The smallest absolute Gasteiger partial charge is 0.128 e. The molecule has 3 heterocycles. The maximum absolute atomic E-state index is 9.68. The van der Waals surface area contributed by atoms with Crippen molar-refractivity contribution in [2.24, 2.45) is 5.92 Å². The van der Waals surface area contributed by atoms with Gasteiger partial charge in [0.1, 0.15) is 5.82 Å². The number of nitrogens with zero attached hydrogens (tertiary/aromatic N) is 3. The van der Waals surface area contributed by atoms with Gasteiger partial charge in [0.2, 0.25) is 0 Å². The average Bonchev–Trinajstić information content (AvgIpc) is 2.56. The molecular formula is C18H29N3O. The SMILES string of the molecule is C[C@@H](O)c1cccc(N2CCC(CN3CCCCC3)CC2)n1. The van der Waals surface area contributed by atoms with Crippen LogP contribution in [0.3, 0.4) is 0 Å². The molecule has 0 radical (unpaired) electrons. The van der Waals surface area contributed by atoms with E-state index in [0.717, 1.165) is 30.5 Å². The lowest BCUT2D eigenvalue weighted by Crippen LogP contribution is -2.40. The predicted molar refractivity (Wildman–Crippen MR) is 90.1 cm³/mol. The summed E-state index contributed by atoms with van der Waals surface area (Å²) in [5, 5.41) is 9.68. The lowest BCUT2D eigenvalue weighted by atomic mass is 9.95. The van der Waals surface area contributed by atoms with Crippen LogP contribution in [0.5, 0.6) is 0 Å². The van der Waals surface area contributed by atoms with Gasteiger partial charge in [-0.2, -0.15) is 0 Å². The fourth-order valence-corrected chi connectivity index (χ4v) is 3.70. The molecule has 1 N–H and O–H groups in total. The van der Waals surface area contributed by atoms with Gasteiger partial charge in [0, 0.05) is 19.6 Å². The minimum atomic E-state index is -0.489. The molecule has 2 fully saturated rings. The molecule has 2 aliphatic rings. The second-order valence-corrected chi connectivity index (χ2v) is 6.89. The zero-order valence-electron chi connectivity index (χ0n) is 13.7. The molecule has 3 rings (SSSR count). The van der Waals surface area contributed by atoms with Gasteiger partial charge in [-0.1, -0.05) is 12.5 Å². The van der Waals surface area contributed by atoms with Crippen molar-refractivity contribution in [3.8, 4) is 0 Å². The Morgan fingerprint density at radius 2 is 1.86 bits per heavy atom. The van der Waals surface area contributed by atoms with Crippen molar-refractivity contribution >= 4 is 5.82 Å². The second kappa shape index (κ2) is 7.42. The van der Waals surface area contributed by atoms with Gasteiger partial charge in [-0.05, 0) is 63.7 Å². The summed E-state index contributed by atoms with van der Waals surface area (Å²) in [5.74, 6) is 1.86. The van der Waals surface area contributed by atoms with E-state index in [0.29, 0.717) is 0 Å². The van der Waals surface area contributed by atoms with Crippen LogP contribution in [0.15, 0.2) is 18.2 Å². The van der Waals surface area contributed by atoms with Crippen molar-refractivity contribution in [2.45, 2.75) is 45.1 Å². The summed E-state index contributed by atoms with van der Waals surface area (Å²) in [7, 11) is 0. The highest BCUT2D eigenvalue weighted by Crippen LogP contribution is 2.24. The number of piperidine rings is 2. The first-order valence-electron chi connectivity index (χ1n) is 8.84. The molecule has 4 heteroatoms. The summed E-state index contributed by atoms with van der Waals surface area (Å²) in [6.07, 6.45) is 6.22. The van der Waals surface area contributed by atoms with E-state index in [9.17, 15) is 5.11 Å². The van der Waals surface area contributed by atoms with Crippen molar-refractivity contribution < 1.29 is 5.11 Å². The van der Waals surface area contributed by atoms with E-state index in [2.05, 4.69) is 20.9 Å². The number of likely N-dealkylation sites (tertiary alicyclic amines) is 1. The Morgan fingerprint density at radius 3 is 2.55 bits per heavy atom. The van der Waals surface area contributed by atoms with Crippen molar-refractivity contribution in [1.29, 1.82) is 0 Å². The van der Waals surface area contributed by atoms with Gasteiger partial charge in [-0.15, -0.1) is 0 Å². The fourth-order valence-electron chi connectivity index (χ4n) is 3.70. The Hall–Kier alpha value is -1.13. The summed E-state index contributed by atoms with van der Waals surface area (Å²) in [5.41, 5.74) is 0.771. The third kappa shape index (κ3) is 3.99. The monoisotopic (exact) mass is 303 g/mol. The van der Waals surface area contributed by atoms with E-state index in [-0.39, 0.29) is 0 Å². The highest BCUT2D eigenvalue weighted by molar-refractivity contribution is 5.40. The van der Waals surface area contributed by atoms with Crippen LogP contribution in [0.2, 0.25) is 0 Å². The van der Waals surface area contributed by atoms with Gasteiger partial charge >= 0.3 is 0 Å². The fraction of sp³-hybridized carbons (Fsp3) is 0.722. The van der Waals surface area contributed by atoms with Crippen molar-refractivity contribution in [2.75, 3.05) is 37.6 Å². The summed E-state index contributed by atoms with van der Waals surface area (Å²) in [6, 6.07) is 5.97. The number of anilines is 1. The lowest BCUT2D eigenvalue weighted by Gasteiger charge is -2.36. The zero-order valence-corrected chi connectivity index (χ0v) is 13.7. The van der Waals surface area contributed by atoms with Crippen molar-refractivity contribution in [3.05, 3.63) is 23.9 Å². The molecule has 0 amide bonds. The van der Waals surface area contributed by atoms with E-state index in [1.54, 1.807) is 6.92 Å². The van der Waals surface area contributed by atoms with Gasteiger partial charge < -0.3 is 14.9 Å². The van der Waals surface area contributed by atoms with Crippen LogP contribution in [0, 0.1) is 5.92 Å². The molecule has 0 bridgehead atoms. The summed E-state index contributed by atoms with van der Waals surface area (Å²) >= 11 is 0. The minimum Gasteiger partial charge on any atom is -0.387 e. The molecular weight excluding hydrogens is 274 g/mol. The van der Waals surface area contributed by atoms with Crippen LogP contribution < -0.4 is 4.90 Å². The topological polar surface area (TPSA) is 39.6 Å². The van der Waals surface area contributed by atoms with Gasteiger partial charge in [0.25, 0.3) is 0 Å². The molecule has 0 saturated carbocycles. The number of pyridine rings is 1. The Balaban J connectivity index is 1.51. The molecule has 2 saturated heterocycles. The maximum Gasteiger partial charge on any atom is 0.128 e. The van der Waals surface area contributed by atoms with Crippen LogP contribution in [0.25, 0.3) is 0 Å². The number of rotatable bonds is 4. The average molecular weight is 303 g/mol. The van der Waals surface area contributed by atoms with E-state index >= 15 is 0 Å². The largest absolute Gasteiger partial charge is 0.387 e. The van der Waals surface area contributed by atoms with E-state index in [1.807, 2.05) is 12.1 Å². The number of hydrogen-bond acceptors (Lipinski definition) is 4. The third-order valence-corrected chi connectivity index (χ3v) is 5.09. The van der Waals surface area contributed by atoms with Gasteiger partial charge in [-0.3, -0.25) is 0 Å². The number of hydrogen-bond donors (Lipinski definition) is 1. The molecule has 1 aromatic heterocycles. The minimum absolute atomic E-state index is 0.489. The highest BCUT2D eigenvalue weighted by atomic mass is 16.3. The third-order valence-electron chi connectivity index (χ3n) is 5.09. The Morgan fingerprint density at radius 1 is 1.14 bits per heavy atom. The lowest BCUT2D eigenvalue weighted by molar-refractivity contribution is 0.181. The Kier molecular flexibility index (Phi) is 5.32.